The number of rotatable bonds is 7. The van der Waals surface area contributed by atoms with Gasteiger partial charge in [-0.15, -0.1) is 0 Å². The SMILES string of the molecule is CCOc1ccc(/C=C2\CCCC3C2=NN(C(=O)c2ccccc2)C3c2ccc(OCC)cc2)cc1. The minimum atomic E-state index is -0.146. The highest BCUT2D eigenvalue weighted by atomic mass is 16.5. The molecule has 0 aromatic heterocycles. The summed E-state index contributed by atoms with van der Waals surface area (Å²) in [5.41, 5.74) is 5.07. The molecule has 184 valence electrons. The Labute approximate surface area is 213 Å². The smallest absolute Gasteiger partial charge is 0.274 e. The summed E-state index contributed by atoms with van der Waals surface area (Å²) in [4.78, 5) is 13.7. The van der Waals surface area contributed by atoms with Gasteiger partial charge in [0.15, 0.2) is 0 Å². The van der Waals surface area contributed by atoms with Crippen molar-refractivity contribution in [1.29, 1.82) is 0 Å². The summed E-state index contributed by atoms with van der Waals surface area (Å²) in [5.74, 6) is 1.78. The van der Waals surface area contributed by atoms with Crippen LogP contribution in [-0.4, -0.2) is 29.8 Å². The molecule has 3 aromatic rings. The highest BCUT2D eigenvalue weighted by molar-refractivity contribution is 6.09. The molecule has 0 N–H and O–H groups in total. The molecule has 5 heteroatoms. The lowest BCUT2D eigenvalue weighted by Crippen LogP contribution is -2.31. The number of hydrogen-bond acceptors (Lipinski definition) is 4. The Morgan fingerprint density at radius 2 is 1.56 bits per heavy atom. The van der Waals surface area contributed by atoms with Gasteiger partial charge >= 0.3 is 0 Å². The summed E-state index contributed by atoms with van der Waals surface area (Å²) in [6.07, 6.45) is 5.22. The van der Waals surface area contributed by atoms with E-state index in [4.69, 9.17) is 14.6 Å². The fraction of sp³-hybridized carbons (Fsp3) is 0.290. The van der Waals surface area contributed by atoms with E-state index in [1.165, 1.54) is 5.57 Å². The third-order valence-electron chi connectivity index (χ3n) is 6.79. The van der Waals surface area contributed by atoms with Gasteiger partial charge in [-0.05, 0) is 92.3 Å². The Morgan fingerprint density at radius 1 is 0.917 bits per heavy atom. The molecule has 1 fully saturated rings. The first-order valence-corrected chi connectivity index (χ1v) is 12.8. The summed E-state index contributed by atoms with van der Waals surface area (Å²) in [7, 11) is 0. The molecule has 5 nitrogen and oxygen atoms in total. The minimum Gasteiger partial charge on any atom is -0.494 e. The van der Waals surface area contributed by atoms with Gasteiger partial charge in [-0.1, -0.05) is 42.5 Å². The topological polar surface area (TPSA) is 51.1 Å². The lowest BCUT2D eigenvalue weighted by Gasteiger charge is -2.29. The molecular formula is C31H32N2O3. The van der Waals surface area contributed by atoms with Gasteiger partial charge in [0.25, 0.3) is 5.91 Å². The van der Waals surface area contributed by atoms with Crippen molar-refractivity contribution < 1.29 is 14.3 Å². The van der Waals surface area contributed by atoms with Gasteiger partial charge in [0.1, 0.15) is 11.5 Å². The maximum Gasteiger partial charge on any atom is 0.274 e. The van der Waals surface area contributed by atoms with Crippen molar-refractivity contribution in [3.63, 3.8) is 0 Å². The second-order valence-electron chi connectivity index (χ2n) is 9.12. The molecule has 1 amide bonds. The normalized spacial score (nSPS) is 20.1. The fourth-order valence-electron chi connectivity index (χ4n) is 5.17. The number of carbonyl (C=O) groups excluding carboxylic acids is 1. The lowest BCUT2D eigenvalue weighted by atomic mass is 9.77. The zero-order valence-electron chi connectivity index (χ0n) is 20.9. The molecule has 3 aromatic carbocycles. The Balaban J connectivity index is 1.51. The second-order valence-corrected chi connectivity index (χ2v) is 9.12. The lowest BCUT2D eigenvalue weighted by molar-refractivity contribution is 0.0681. The number of carbonyl (C=O) groups is 1. The fourth-order valence-corrected chi connectivity index (χ4v) is 5.17. The van der Waals surface area contributed by atoms with Gasteiger partial charge in [-0.25, -0.2) is 5.01 Å². The van der Waals surface area contributed by atoms with Crippen LogP contribution >= 0.6 is 0 Å². The van der Waals surface area contributed by atoms with Crippen LogP contribution in [0.1, 0.15) is 60.6 Å². The maximum atomic E-state index is 13.7. The number of hydrogen-bond donors (Lipinski definition) is 0. The van der Waals surface area contributed by atoms with E-state index in [1.54, 1.807) is 5.01 Å². The molecule has 2 aliphatic rings. The zero-order chi connectivity index (χ0) is 24.9. The van der Waals surface area contributed by atoms with E-state index in [2.05, 4.69) is 30.3 Å². The van der Waals surface area contributed by atoms with E-state index in [0.29, 0.717) is 18.8 Å². The molecule has 36 heavy (non-hydrogen) atoms. The molecule has 1 heterocycles. The highest BCUT2D eigenvalue weighted by Gasteiger charge is 2.43. The second kappa shape index (κ2) is 10.8. The van der Waals surface area contributed by atoms with Crippen LogP contribution in [0.25, 0.3) is 6.08 Å². The third kappa shape index (κ3) is 4.92. The predicted octanol–water partition coefficient (Wildman–Crippen LogP) is 6.92. The van der Waals surface area contributed by atoms with Crippen LogP contribution in [0.4, 0.5) is 0 Å². The number of fused-ring (bicyclic) bond motifs is 1. The van der Waals surface area contributed by atoms with Crippen LogP contribution in [0.15, 0.2) is 89.5 Å². The molecular weight excluding hydrogens is 448 g/mol. The third-order valence-corrected chi connectivity index (χ3v) is 6.79. The minimum absolute atomic E-state index is 0.0724. The van der Waals surface area contributed by atoms with Gasteiger partial charge in [0, 0.05) is 11.5 Å². The van der Waals surface area contributed by atoms with Crippen molar-refractivity contribution in [3.05, 3.63) is 101 Å². The first kappa shape index (κ1) is 23.9. The van der Waals surface area contributed by atoms with Crippen molar-refractivity contribution in [2.45, 2.75) is 39.2 Å². The van der Waals surface area contributed by atoms with Gasteiger partial charge in [-0.3, -0.25) is 4.79 Å². The van der Waals surface area contributed by atoms with E-state index in [-0.39, 0.29) is 17.9 Å². The van der Waals surface area contributed by atoms with Crippen LogP contribution < -0.4 is 9.47 Å². The molecule has 0 bridgehead atoms. The van der Waals surface area contributed by atoms with E-state index in [0.717, 1.165) is 47.6 Å². The molecule has 2 atom stereocenters. The Hall–Kier alpha value is -3.86. The summed E-state index contributed by atoms with van der Waals surface area (Å²) in [6.45, 7) is 5.24. The molecule has 1 aliphatic carbocycles. The van der Waals surface area contributed by atoms with Gasteiger partial charge < -0.3 is 9.47 Å². The number of benzene rings is 3. The Morgan fingerprint density at radius 3 is 2.19 bits per heavy atom. The summed E-state index contributed by atoms with van der Waals surface area (Å²) in [5, 5.41) is 6.71. The number of nitrogens with zero attached hydrogens (tertiary/aromatic N) is 2. The number of ether oxygens (including phenoxy) is 2. The maximum absolute atomic E-state index is 13.7. The average molecular weight is 481 g/mol. The van der Waals surface area contributed by atoms with Crippen molar-refractivity contribution in [2.24, 2.45) is 11.0 Å². The van der Waals surface area contributed by atoms with E-state index in [1.807, 2.05) is 68.4 Å². The number of amides is 1. The van der Waals surface area contributed by atoms with Gasteiger partial charge in [-0.2, -0.15) is 5.10 Å². The monoisotopic (exact) mass is 480 g/mol. The van der Waals surface area contributed by atoms with Crippen molar-refractivity contribution in [2.75, 3.05) is 13.2 Å². The van der Waals surface area contributed by atoms with Crippen molar-refractivity contribution in [3.8, 4) is 11.5 Å². The number of hydrazone groups is 1. The quantitative estimate of drug-likeness (QED) is 0.369. The standard InChI is InChI=1S/C31H32N2O3/c1-3-35-26-17-13-22(14-18-26)21-25-11-8-12-28-29(25)32-33(31(34)24-9-6-5-7-10-24)30(28)23-15-19-27(20-16-23)36-4-2/h5-7,9-10,13-21,28,30H,3-4,8,11-12H2,1-2H3/b25-21+. The molecule has 0 saturated heterocycles. The van der Waals surface area contributed by atoms with E-state index >= 15 is 0 Å². The van der Waals surface area contributed by atoms with Crippen LogP contribution in [-0.2, 0) is 0 Å². The van der Waals surface area contributed by atoms with Crippen LogP contribution in [0, 0.1) is 5.92 Å². The number of allylic oxidation sites excluding steroid dienone is 1. The highest BCUT2D eigenvalue weighted by Crippen LogP contribution is 2.45. The van der Waals surface area contributed by atoms with Crippen molar-refractivity contribution in [1.82, 2.24) is 5.01 Å². The first-order valence-electron chi connectivity index (χ1n) is 12.8. The zero-order valence-corrected chi connectivity index (χ0v) is 20.9. The molecule has 0 radical (unpaired) electrons. The predicted molar refractivity (Wildman–Crippen MR) is 143 cm³/mol. The molecule has 0 spiro atoms. The summed E-state index contributed by atoms with van der Waals surface area (Å²) < 4.78 is 11.2. The molecule has 2 unspecified atom stereocenters. The molecule has 1 saturated carbocycles. The van der Waals surface area contributed by atoms with E-state index in [9.17, 15) is 4.79 Å². The Bertz CT molecular complexity index is 1250. The van der Waals surface area contributed by atoms with Crippen LogP contribution in [0.5, 0.6) is 11.5 Å². The van der Waals surface area contributed by atoms with E-state index < -0.39 is 0 Å². The largest absolute Gasteiger partial charge is 0.494 e. The average Bonchev–Trinajstić information content (AvgIpc) is 3.31. The molecule has 5 rings (SSSR count). The van der Waals surface area contributed by atoms with Crippen LogP contribution in [0.3, 0.4) is 0 Å². The van der Waals surface area contributed by atoms with Crippen LogP contribution in [0.2, 0.25) is 0 Å². The van der Waals surface area contributed by atoms with Gasteiger partial charge in [0.05, 0.1) is 25.0 Å². The van der Waals surface area contributed by atoms with Crippen molar-refractivity contribution >= 4 is 17.7 Å². The van der Waals surface area contributed by atoms with Gasteiger partial charge in [0.2, 0.25) is 0 Å². The molecule has 1 aliphatic heterocycles. The first-order chi connectivity index (χ1) is 17.7. The summed E-state index contributed by atoms with van der Waals surface area (Å²) >= 11 is 0. The summed E-state index contributed by atoms with van der Waals surface area (Å²) in [6, 6.07) is 25.6. The Kier molecular flexibility index (Phi) is 7.17.